The van der Waals surface area contributed by atoms with Gasteiger partial charge in [0.15, 0.2) is 5.96 Å². The summed E-state index contributed by atoms with van der Waals surface area (Å²) in [5, 5.41) is 6.58. The lowest BCUT2D eigenvalue weighted by atomic mass is 9.93. The van der Waals surface area contributed by atoms with Crippen LogP contribution in [-0.2, 0) is 4.79 Å². The number of nitrogens with two attached hydrogens (primary N) is 1. The maximum Gasteiger partial charge on any atom is 0.224 e. The summed E-state index contributed by atoms with van der Waals surface area (Å²) in [5.41, 5.74) is 4.75. The molecule has 0 saturated heterocycles. The number of guanidine groups is 1. The molecule has 5 nitrogen and oxygen atoms in total. The summed E-state index contributed by atoms with van der Waals surface area (Å²) >= 11 is 0. The number of primary amides is 1. The largest absolute Gasteiger partial charge is 0.369 e. The lowest BCUT2D eigenvalue weighted by Crippen LogP contribution is -2.43. The second kappa shape index (κ2) is 12.1. The van der Waals surface area contributed by atoms with Crippen LogP contribution in [0.1, 0.15) is 60.3 Å². The fraction of sp³-hybridized carbons (Fsp3) is 0.867. The van der Waals surface area contributed by atoms with Gasteiger partial charge in [-0.1, -0.05) is 26.2 Å². The van der Waals surface area contributed by atoms with Crippen molar-refractivity contribution in [1.82, 2.24) is 10.6 Å². The second-order valence-corrected chi connectivity index (χ2v) is 5.98. The summed E-state index contributed by atoms with van der Waals surface area (Å²) in [6.07, 6.45) is 4.83. The molecule has 0 radical (unpaired) electrons. The molecule has 1 atom stereocenters. The van der Waals surface area contributed by atoms with Crippen LogP contribution in [0.15, 0.2) is 4.99 Å². The van der Waals surface area contributed by atoms with Gasteiger partial charge in [-0.25, -0.2) is 0 Å². The van der Waals surface area contributed by atoms with Crippen LogP contribution in [0.2, 0.25) is 0 Å². The lowest BCUT2D eigenvalue weighted by Gasteiger charge is -2.21. The number of rotatable bonds is 9. The fourth-order valence-corrected chi connectivity index (χ4v) is 1.68. The highest BCUT2D eigenvalue weighted by molar-refractivity contribution is 14.0. The number of halogens is 1. The number of amides is 1. The van der Waals surface area contributed by atoms with Crippen molar-refractivity contribution in [2.45, 2.75) is 66.3 Å². The Kier molecular flexibility index (Phi) is 13.1. The van der Waals surface area contributed by atoms with E-state index >= 15 is 0 Å². The molecular weight excluding hydrogens is 379 g/mol. The molecule has 0 rings (SSSR count). The molecule has 0 fully saturated rings. The first-order chi connectivity index (χ1) is 9.33. The van der Waals surface area contributed by atoms with Crippen molar-refractivity contribution in [2.75, 3.05) is 13.1 Å². The molecule has 0 bridgehead atoms. The zero-order valence-corrected chi connectivity index (χ0v) is 16.5. The van der Waals surface area contributed by atoms with Crippen molar-refractivity contribution in [3.63, 3.8) is 0 Å². The molecule has 0 aromatic carbocycles. The maximum atomic E-state index is 11.3. The number of unbranched alkanes of at least 4 members (excludes halogenated alkanes) is 2. The Morgan fingerprint density at radius 2 is 1.90 bits per heavy atom. The Hall–Kier alpha value is -0.530. The predicted molar refractivity (Wildman–Crippen MR) is 101 cm³/mol. The normalized spacial score (nSPS) is 13.3. The topological polar surface area (TPSA) is 79.5 Å². The van der Waals surface area contributed by atoms with Crippen molar-refractivity contribution in [2.24, 2.45) is 16.1 Å². The first-order valence-corrected chi connectivity index (χ1v) is 7.68. The summed E-state index contributed by atoms with van der Waals surface area (Å²) in [6, 6.07) is 0.371. The molecule has 0 aromatic heterocycles. The zero-order valence-electron chi connectivity index (χ0n) is 14.2. The Morgan fingerprint density at radius 3 is 2.38 bits per heavy atom. The van der Waals surface area contributed by atoms with E-state index in [2.05, 4.69) is 29.5 Å². The minimum atomic E-state index is -0.617. The quantitative estimate of drug-likeness (QED) is 0.236. The molecule has 6 heteroatoms. The SMILES string of the molecule is CCCCCC(C)NC(=NCC(C)(C)C(N)=O)NCC.I. The molecule has 0 heterocycles. The number of hydrogen-bond acceptors (Lipinski definition) is 2. The number of nitrogens with one attached hydrogen (secondary N) is 2. The molecule has 126 valence electrons. The van der Waals surface area contributed by atoms with Crippen molar-refractivity contribution >= 4 is 35.8 Å². The van der Waals surface area contributed by atoms with Gasteiger partial charge < -0.3 is 16.4 Å². The van der Waals surface area contributed by atoms with E-state index in [1.54, 1.807) is 0 Å². The molecule has 0 aliphatic rings. The van der Waals surface area contributed by atoms with E-state index in [-0.39, 0.29) is 29.9 Å². The van der Waals surface area contributed by atoms with Crippen LogP contribution in [0.25, 0.3) is 0 Å². The van der Waals surface area contributed by atoms with E-state index in [0.717, 1.165) is 18.9 Å². The number of carbonyl (C=O) groups excluding carboxylic acids is 1. The first kappa shape index (κ1) is 22.7. The second-order valence-electron chi connectivity index (χ2n) is 5.98. The van der Waals surface area contributed by atoms with Crippen molar-refractivity contribution in [1.29, 1.82) is 0 Å². The molecule has 0 saturated carbocycles. The standard InChI is InChI=1S/C15H32N4O.HI/c1-6-8-9-10-12(3)19-14(17-7-2)18-11-15(4,5)13(16)20;/h12H,6-11H2,1-5H3,(H2,16,20)(H2,17,18,19);1H. The van der Waals surface area contributed by atoms with E-state index in [4.69, 9.17) is 5.73 Å². The Balaban J connectivity index is 0. The third-order valence-electron chi connectivity index (χ3n) is 3.27. The zero-order chi connectivity index (χ0) is 15.6. The summed E-state index contributed by atoms with van der Waals surface area (Å²) in [7, 11) is 0. The van der Waals surface area contributed by atoms with E-state index in [1.807, 2.05) is 20.8 Å². The molecule has 0 aliphatic heterocycles. The number of carbonyl (C=O) groups is 1. The van der Waals surface area contributed by atoms with Crippen LogP contribution >= 0.6 is 24.0 Å². The number of hydrogen-bond donors (Lipinski definition) is 3. The third-order valence-corrected chi connectivity index (χ3v) is 3.27. The van der Waals surface area contributed by atoms with Crippen molar-refractivity contribution < 1.29 is 4.79 Å². The van der Waals surface area contributed by atoms with Crippen LogP contribution in [0, 0.1) is 5.41 Å². The third kappa shape index (κ3) is 10.8. The smallest absolute Gasteiger partial charge is 0.224 e. The molecule has 1 unspecified atom stereocenters. The van der Waals surface area contributed by atoms with Gasteiger partial charge in [0.2, 0.25) is 5.91 Å². The van der Waals surface area contributed by atoms with E-state index in [0.29, 0.717) is 12.6 Å². The number of aliphatic imine (C=N–C) groups is 1. The molecule has 1 amide bonds. The van der Waals surface area contributed by atoms with Crippen LogP contribution in [0.3, 0.4) is 0 Å². The van der Waals surface area contributed by atoms with E-state index in [1.165, 1.54) is 19.3 Å². The van der Waals surface area contributed by atoms with Crippen LogP contribution < -0.4 is 16.4 Å². The molecule has 0 aromatic rings. The maximum absolute atomic E-state index is 11.3. The molecular formula is C15H33IN4O. The van der Waals surface area contributed by atoms with Gasteiger partial charge in [-0.15, -0.1) is 24.0 Å². The van der Waals surface area contributed by atoms with Gasteiger partial charge in [0, 0.05) is 12.6 Å². The highest BCUT2D eigenvalue weighted by Gasteiger charge is 2.24. The summed E-state index contributed by atoms with van der Waals surface area (Å²) in [6.45, 7) is 11.2. The highest BCUT2D eigenvalue weighted by atomic mass is 127. The summed E-state index contributed by atoms with van der Waals surface area (Å²) < 4.78 is 0. The van der Waals surface area contributed by atoms with Gasteiger partial charge in [-0.3, -0.25) is 9.79 Å². The molecule has 4 N–H and O–H groups in total. The average Bonchev–Trinajstić information content (AvgIpc) is 2.36. The molecule has 21 heavy (non-hydrogen) atoms. The average molecular weight is 412 g/mol. The van der Waals surface area contributed by atoms with Crippen molar-refractivity contribution in [3.05, 3.63) is 0 Å². The Labute approximate surface area is 146 Å². The monoisotopic (exact) mass is 412 g/mol. The minimum Gasteiger partial charge on any atom is -0.369 e. The Morgan fingerprint density at radius 1 is 1.29 bits per heavy atom. The highest BCUT2D eigenvalue weighted by Crippen LogP contribution is 2.14. The van der Waals surface area contributed by atoms with Crippen molar-refractivity contribution in [3.8, 4) is 0 Å². The first-order valence-electron chi connectivity index (χ1n) is 7.68. The Bertz CT molecular complexity index is 319. The van der Waals surface area contributed by atoms with E-state index < -0.39 is 5.41 Å². The summed E-state index contributed by atoms with van der Waals surface area (Å²) in [4.78, 5) is 15.8. The lowest BCUT2D eigenvalue weighted by molar-refractivity contribution is -0.125. The van der Waals surface area contributed by atoms with Crippen LogP contribution in [0.5, 0.6) is 0 Å². The van der Waals surface area contributed by atoms with Crippen LogP contribution in [0.4, 0.5) is 0 Å². The predicted octanol–water partition coefficient (Wildman–Crippen LogP) is 2.64. The molecule has 0 aliphatic carbocycles. The van der Waals surface area contributed by atoms with Crippen LogP contribution in [-0.4, -0.2) is 31.0 Å². The summed E-state index contributed by atoms with van der Waals surface area (Å²) in [5.74, 6) is 0.430. The van der Waals surface area contributed by atoms with Gasteiger partial charge in [0.05, 0.1) is 12.0 Å². The number of nitrogens with zero attached hydrogens (tertiary/aromatic N) is 1. The van der Waals surface area contributed by atoms with Gasteiger partial charge in [-0.2, -0.15) is 0 Å². The minimum absolute atomic E-state index is 0. The van der Waals surface area contributed by atoms with Gasteiger partial charge in [-0.05, 0) is 34.1 Å². The fourth-order valence-electron chi connectivity index (χ4n) is 1.68. The van der Waals surface area contributed by atoms with Gasteiger partial charge >= 0.3 is 0 Å². The van der Waals surface area contributed by atoms with Gasteiger partial charge in [0.1, 0.15) is 0 Å². The van der Waals surface area contributed by atoms with Gasteiger partial charge in [0.25, 0.3) is 0 Å². The molecule has 0 spiro atoms. The van der Waals surface area contributed by atoms with E-state index in [9.17, 15) is 4.79 Å².